The van der Waals surface area contributed by atoms with E-state index in [2.05, 4.69) is 10.6 Å². The lowest BCUT2D eigenvalue weighted by Crippen LogP contribution is -2.47. The van der Waals surface area contributed by atoms with Gasteiger partial charge in [-0.25, -0.2) is 0 Å². The number of rotatable bonds is 1. The van der Waals surface area contributed by atoms with Crippen LogP contribution < -0.4 is 15.5 Å². The Labute approximate surface area is 105 Å². The fraction of sp³-hybridized carbons (Fsp3) is 0.385. The van der Waals surface area contributed by atoms with Crippen LogP contribution in [0.5, 0.6) is 0 Å². The fourth-order valence-electron chi connectivity index (χ4n) is 2.54. The predicted octanol–water partition coefficient (Wildman–Crippen LogP) is -0.0340. The molecule has 0 spiro atoms. The average Bonchev–Trinajstić information content (AvgIpc) is 2.65. The molecule has 0 radical (unpaired) electrons. The summed E-state index contributed by atoms with van der Waals surface area (Å²) in [6, 6.07) is 5.49. The molecule has 5 nitrogen and oxygen atoms in total. The highest BCUT2D eigenvalue weighted by Gasteiger charge is 2.28. The maximum Gasteiger partial charge on any atom is 0.241 e. The van der Waals surface area contributed by atoms with Gasteiger partial charge in [-0.15, -0.1) is 0 Å². The van der Waals surface area contributed by atoms with Crippen molar-refractivity contribution in [2.24, 2.45) is 0 Å². The summed E-state index contributed by atoms with van der Waals surface area (Å²) in [7, 11) is 1.78. The van der Waals surface area contributed by atoms with Crippen molar-refractivity contribution >= 4 is 17.5 Å². The molecule has 0 aromatic heterocycles. The maximum atomic E-state index is 11.8. The number of carbonyl (C=O) groups excluding carboxylic acids is 2. The van der Waals surface area contributed by atoms with E-state index < -0.39 is 0 Å². The molecule has 1 aromatic carbocycles. The van der Waals surface area contributed by atoms with Crippen LogP contribution in [0.2, 0.25) is 0 Å². The van der Waals surface area contributed by atoms with E-state index in [0.29, 0.717) is 13.0 Å². The quantitative estimate of drug-likeness (QED) is 0.730. The lowest BCUT2D eigenvalue weighted by Gasteiger charge is -2.24. The van der Waals surface area contributed by atoms with Crippen LogP contribution in [0.15, 0.2) is 18.2 Å². The van der Waals surface area contributed by atoms with Gasteiger partial charge in [-0.05, 0) is 17.2 Å². The molecule has 0 aliphatic carbocycles. The first-order chi connectivity index (χ1) is 8.66. The zero-order valence-corrected chi connectivity index (χ0v) is 10.2. The van der Waals surface area contributed by atoms with E-state index in [-0.39, 0.29) is 17.9 Å². The molecule has 1 fully saturated rings. The van der Waals surface area contributed by atoms with Gasteiger partial charge in [0.25, 0.3) is 0 Å². The Kier molecular flexibility index (Phi) is 2.56. The molecule has 2 aliphatic rings. The van der Waals surface area contributed by atoms with Gasteiger partial charge in [-0.3, -0.25) is 9.59 Å². The van der Waals surface area contributed by atoms with Gasteiger partial charge >= 0.3 is 0 Å². The number of anilines is 1. The van der Waals surface area contributed by atoms with E-state index in [4.69, 9.17) is 0 Å². The van der Waals surface area contributed by atoms with Crippen LogP contribution in [0.1, 0.15) is 17.2 Å². The molecule has 1 atom stereocenters. The monoisotopic (exact) mass is 245 g/mol. The SMILES string of the molecule is CN1C(=O)Cc2cc(C3NCCNC3=O)ccc21. The van der Waals surface area contributed by atoms with Crippen LogP contribution in [-0.4, -0.2) is 32.0 Å². The zero-order chi connectivity index (χ0) is 12.7. The fourth-order valence-corrected chi connectivity index (χ4v) is 2.54. The van der Waals surface area contributed by atoms with Crippen LogP contribution in [0, 0.1) is 0 Å². The van der Waals surface area contributed by atoms with Gasteiger partial charge in [-0.2, -0.15) is 0 Å². The minimum atomic E-state index is -0.301. The van der Waals surface area contributed by atoms with Crippen LogP contribution in [0.4, 0.5) is 5.69 Å². The van der Waals surface area contributed by atoms with Crippen LogP contribution in [-0.2, 0) is 16.0 Å². The number of amides is 2. The van der Waals surface area contributed by atoms with Crippen molar-refractivity contribution < 1.29 is 9.59 Å². The Morgan fingerprint density at radius 1 is 1.28 bits per heavy atom. The maximum absolute atomic E-state index is 11.8. The lowest BCUT2D eigenvalue weighted by atomic mass is 10.0. The first-order valence-corrected chi connectivity index (χ1v) is 6.07. The van der Waals surface area contributed by atoms with Crippen molar-refractivity contribution in [1.29, 1.82) is 0 Å². The summed E-state index contributed by atoms with van der Waals surface area (Å²) < 4.78 is 0. The molecule has 2 amide bonds. The van der Waals surface area contributed by atoms with Crippen molar-refractivity contribution in [3.63, 3.8) is 0 Å². The molecule has 18 heavy (non-hydrogen) atoms. The third-order valence-electron chi connectivity index (χ3n) is 3.55. The summed E-state index contributed by atoms with van der Waals surface area (Å²) >= 11 is 0. The van der Waals surface area contributed by atoms with E-state index in [1.807, 2.05) is 18.2 Å². The molecule has 1 saturated heterocycles. The van der Waals surface area contributed by atoms with Gasteiger partial charge < -0.3 is 15.5 Å². The minimum Gasteiger partial charge on any atom is -0.353 e. The summed E-state index contributed by atoms with van der Waals surface area (Å²) in [6.07, 6.45) is 0.425. The molecular formula is C13H15N3O2. The number of nitrogens with one attached hydrogen (secondary N) is 2. The molecule has 2 aliphatic heterocycles. The van der Waals surface area contributed by atoms with Crippen LogP contribution in [0.3, 0.4) is 0 Å². The summed E-state index contributed by atoms with van der Waals surface area (Å²) in [6.45, 7) is 1.44. The van der Waals surface area contributed by atoms with Crippen molar-refractivity contribution in [3.05, 3.63) is 29.3 Å². The Morgan fingerprint density at radius 2 is 2.11 bits per heavy atom. The van der Waals surface area contributed by atoms with Gasteiger partial charge in [0.15, 0.2) is 0 Å². The zero-order valence-electron chi connectivity index (χ0n) is 10.2. The number of likely N-dealkylation sites (N-methyl/N-ethyl adjacent to an activating group) is 1. The molecule has 3 rings (SSSR count). The number of piperazine rings is 1. The second kappa shape index (κ2) is 4.10. The van der Waals surface area contributed by atoms with Gasteiger partial charge in [-0.1, -0.05) is 12.1 Å². The van der Waals surface area contributed by atoms with Gasteiger partial charge in [0.1, 0.15) is 6.04 Å². The van der Waals surface area contributed by atoms with Crippen LogP contribution in [0.25, 0.3) is 0 Å². The molecule has 94 valence electrons. The molecule has 0 bridgehead atoms. The summed E-state index contributed by atoms with van der Waals surface area (Å²) in [5, 5.41) is 6.03. The van der Waals surface area contributed by atoms with Crippen LogP contribution >= 0.6 is 0 Å². The molecule has 2 N–H and O–H groups in total. The largest absolute Gasteiger partial charge is 0.353 e. The third-order valence-corrected chi connectivity index (χ3v) is 3.55. The standard InChI is InChI=1S/C13H15N3O2/c1-16-10-3-2-8(6-9(10)7-11(16)17)12-13(18)15-5-4-14-12/h2-3,6,12,14H,4-5,7H2,1H3,(H,15,18). The van der Waals surface area contributed by atoms with Gasteiger partial charge in [0.2, 0.25) is 11.8 Å². The summed E-state index contributed by atoms with van der Waals surface area (Å²) in [5.41, 5.74) is 2.87. The predicted molar refractivity (Wildman–Crippen MR) is 67.3 cm³/mol. The highest BCUT2D eigenvalue weighted by Crippen LogP contribution is 2.30. The van der Waals surface area contributed by atoms with E-state index in [1.54, 1.807) is 11.9 Å². The highest BCUT2D eigenvalue weighted by molar-refractivity contribution is 6.01. The normalized spacial score (nSPS) is 22.9. The average molecular weight is 245 g/mol. The van der Waals surface area contributed by atoms with Gasteiger partial charge in [0, 0.05) is 25.8 Å². The molecule has 1 aromatic rings. The molecule has 2 heterocycles. The molecule has 1 unspecified atom stereocenters. The molecule has 0 saturated carbocycles. The topological polar surface area (TPSA) is 61.4 Å². The van der Waals surface area contributed by atoms with Crippen molar-refractivity contribution in [3.8, 4) is 0 Å². The molecule has 5 heteroatoms. The second-order valence-electron chi connectivity index (χ2n) is 4.70. The highest BCUT2D eigenvalue weighted by atomic mass is 16.2. The number of carbonyl (C=O) groups is 2. The number of benzene rings is 1. The number of fused-ring (bicyclic) bond motifs is 1. The van der Waals surface area contributed by atoms with Gasteiger partial charge in [0.05, 0.1) is 6.42 Å². The Morgan fingerprint density at radius 3 is 2.89 bits per heavy atom. The summed E-state index contributed by atoms with van der Waals surface area (Å²) in [4.78, 5) is 25.0. The number of nitrogens with zero attached hydrogens (tertiary/aromatic N) is 1. The summed E-state index contributed by atoms with van der Waals surface area (Å²) in [5.74, 6) is 0.0992. The van der Waals surface area contributed by atoms with E-state index in [1.165, 1.54) is 0 Å². The lowest BCUT2D eigenvalue weighted by molar-refractivity contribution is -0.124. The Hall–Kier alpha value is -1.88. The minimum absolute atomic E-state index is 0.00104. The second-order valence-corrected chi connectivity index (χ2v) is 4.70. The van der Waals surface area contributed by atoms with E-state index >= 15 is 0 Å². The first-order valence-electron chi connectivity index (χ1n) is 6.07. The van der Waals surface area contributed by atoms with Crippen molar-refractivity contribution in [2.75, 3.05) is 25.0 Å². The Balaban J connectivity index is 1.94. The van der Waals surface area contributed by atoms with Crippen molar-refractivity contribution in [2.45, 2.75) is 12.5 Å². The number of hydrogen-bond acceptors (Lipinski definition) is 3. The Bertz CT molecular complexity index is 527. The smallest absolute Gasteiger partial charge is 0.241 e. The van der Waals surface area contributed by atoms with Crippen molar-refractivity contribution in [1.82, 2.24) is 10.6 Å². The van der Waals surface area contributed by atoms with E-state index in [0.717, 1.165) is 23.4 Å². The first kappa shape index (κ1) is 11.2. The number of hydrogen-bond donors (Lipinski definition) is 2. The van der Waals surface area contributed by atoms with E-state index in [9.17, 15) is 9.59 Å². The molecular weight excluding hydrogens is 230 g/mol. The third kappa shape index (κ3) is 1.67.